The van der Waals surface area contributed by atoms with Crippen LogP contribution in [0, 0.1) is 12.7 Å². The maximum absolute atomic E-state index is 14.1. The highest BCUT2D eigenvalue weighted by Crippen LogP contribution is 2.39. The molecule has 6 rings (SSSR count). The van der Waals surface area contributed by atoms with Gasteiger partial charge in [-0.2, -0.15) is 0 Å². The van der Waals surface area contributed by atoms with E-state index in [0.717, 1.165) is 16.8 Å². The second kappa shape index (κ2) is 11.5. The monoisotopic (exact) mass is 568 g/mol. The number of imidazole rings is 1. The number of pyridine rings is 2. The van der Waals surface area contributed by atoms with Gasteiger partial charge in [-0.05, 0) is 37.1 Å². The zero-order valence-corrected chi connectivity index (χ0v) is 23.2. The zero-order valence-electron chi connectivity index (χ0n) is 23.2. The smallest absolute Gasteiger partial charge is 0.347 e. The van der Waals surface area contributed by atoms with Gasteiger partial charge in [-0.25, -0.2) is 14.2 Å². The summed E-state index contributed by atoms with van der Waals surface area (Å²) >= 11 is 0. The van der Waals surface area contributed by atoms with Gasteiger partial charge < -0.3 is 18.8 Å². The Morgan fingerprint density at radius 2 is 1.88 bits per heavy atom. The van der Waals surface area contributed by atoms with E-state index < -0.39 is 17.6 Å². The Hall–Kier alpha value is -4.99. The van der Waals surface area contributed by atoms with Gasteiger partial charge in [0.05, 0.1) is 31.7 Å². The van der Waals surface area contributed by atoms with Gasteiger partial charge in [0.2, 0.25) is 0 Å². The second-order valence-electron chi connectivity index (χ2n) is 10.2. The molecule has 0 unspecified atom stereocenters. The number of halogens is 1. The van der Waals surface area contributed by atoms with Crippen molar-refractivity contribution in [2.45, 2.75) is 46.1 Å². The average molecular weight is 569 g/mol. The molecule has 214 valence electrons. The number of ether oxygens (including phenoxy) is 3. The Morgan fingerprint density at radius 1 is 1.10 bits per heavy atom. The molecular formula is C32H29FN4O5. The molecule has 1 aliphatic heterocycles. The van der Waals surface area contributed by atoms with Crippen LogP contribution in [0.2, 0.25) is 0 Å². The van der Waals surface area contributed by atoms with E-state index >= 15 is 0 Å². The fourth-order valence-electron chi connectivity index (χ4n) is 5.21. The molecule has 4 heterocycles. The lowest BCUT2D eigenvalue weighted by atomic mass is 10.0. The summed E-state index contributed by atoms with van der Waals surface area (Å²) < 4.78 is 35.1. The molecule has 0 radical (unpaired) electrons. The van der Waals surface area contributed by atoms with E-state index in [2.05, 4.69) is 4.98 Å². The van der Waals surface area contributed by atoms with Gasteiger partial charge in [-0.3, -0.25) is 14.3 Å². The largest absolute Gasteiger partial charge is 0.485 e. The van der Waals surface area contributed by atoms with Gasteiger partial charge in [0.1, 0.15) is 29.6 Å². The van der Waals surface area contributed by atoms with Crippen molar-refractivity contribution in [1.29, 1.82) is 0 Å². The number of hydrogen-bond donors (Lipinski definition) is 0. The first-order valence-electron chi connectivity index (χ1n) is 13.7. The van der Waals surface area contributed by atoms with Crippen molar-refractivity contribution >= 4 is 17.0 Å². The molecule has 0 amide bonds. The predicted molar refractivity (Wildman–Crippen MR) is 153 cm³/mol. The second-order valence-corrected chi connectivity index (χ2v) is 10.2. The molecule has 5 aromatic rings. The number of aromatic nitrogens is 4. The number of esters is 1. The Bertz CT molecular complexity index is 1820. The number of rotatable bonds is 9. The summed E-state index contributed by atoms with van der Waals surface area (Å²) in [5, 5.41) is 0. The van der Waals surface area contributed by atoms with E-state index in [4.69, 9.17) is 19.2 Å². The summed E-state index contributed by atoms with van der Waals surface area (Å²) in [4.78, 5) is 36.3. The van der Waals surface area contributed by atoms with E-state index in [9.17, 15) is 14.0 Å². The fourth-order valence-corrected chi connectivity index (χ4v) is 5.21. The lowest BCUT2D eigenvalue weighted by molar-refractivity contribution is 0.0517. The van der Waals surface area contributed by atoms with Crippen LogP contribution in [0.1, 0.15) is 39.7 Å². The van der Waals surface area contributed by atoms with Crippen LogP contribution in [-0.4, -0.2) is 37.8 Å². The summed E-state index contributed by atoms with van der Waals surface area (Å²) in [7, 11) is 0. The zero-order chi connectivity index (χ0) is 29.2. The Labute approximate surface area is 241 Å². The summed E-state index contributed by atoms with van der Waals surface area (Å²) in [6, 6.07) is 15.6. The molecule has 1 atom stereocenters. The topological polar surface area (TPSA) is 97.5 Å². The number of aryl methyl sites for hydroxylation is 1. The molecule has 0 aliphatic carbocycles. The minimum atomic E-state index is -0.775. The average Bonchev–Trinajstić information content (AvgIpc) is 3.40. The molecule has 0 spiro atoms. The minimum absolute atomic E-state index is 0.0513. The number of carbonyl (C=O) groups is 1. The molecule has 0 N–H and O–H groups in total. The third-order valence-corrected chi connectivity index (χ3v) is 7.11. The van der Waals surface area contributed by atoms with Crippen molar-refractivity contribution in [3.8, 4) is 11.5 Å². The normalized spacial score (nSPS) is 14.0. The van der Waals surface area contributed by atoms with Gasteiger partial charge in [-0.15, -0.1) is 0 Å². The highest BCUT2D eigenvalue weighted by Gasteiger charge is 2.33. The first-order chi connectivity index (χ1) is 20.4. The fraction of sp³-hybridized carbons (Fsp3) is 0.250. The Kier molecular flexibility index (Phi) is 7.43. The molecule has 3 aromatic heterocycles. The SMILES string of the molecule is CCOC(=O)c1c(OCc2ccccc2)c2ncc(Cc3ccc(F)cc3)c3c2n(c1=O)C[C@@H](Cn1cnc(C)c1)O3. The van der Waals surface area contributed by atoms with E-state index in [1.54, 1.807) is 31.6 Å². The first kappa shape index (κ1) is 27.2. The van der Waals surface area contributed by atoms with Crippen LogP contribution < -0.4 is 15.0 Å². The summed E-state index contributed by atoms with van der Waals surface area (Å²) in [5.41, 5.74) is 3.30. The summed E-state index contributed by atoms with van der Waals surface area (Å²) in [5.74, 6) is -0.586. The molecule has 10 heteroatoms. The molecule has 42 heavy (non-hydrogen) atoms. The summed E-state index contributed by atoms with van der Waals surface area (Å²) in [6.45, 7) is 4.38. The maximum atomic E-state index is 14.1. The highest BCUT2D eigenvalue weighted by atomic mass is 19.1. The Balaban J connectivity index is 1.52. The van der Waals surface area contributed by atoms with Gasteiger partial charge >= 0.3 is 5.97 Å². The molecule has 0 saturated carbocycles. The first-order valence-corrected chi connectivity index (χ1v) is 13.7. The molecule has 0 fully saturated rings. The van der Waals surface area contributed by atoms with Crippen LogP contribution in [-0.2, 0) is 30.9 Å². The van der Waals surface area contributed by atoms with Gasteiger partial charge in [0.15, 0.2) is 17.1 Å². The van der Waals surface area contributed by atoms with Crippen molar-refractivity contribution in [2.24, 2.45) is 0 Å². The predicted octanol–water partition coefficient (Wildman–Crippen LogP) is 4.85. The van der Waals surface area contributed by atoms with Crippen LogP contribution in [0.3, 0.4) is 0 Å². The summed E-state index contributed by atoms with van der Waals surface area (Å²) in [6.07, 6.45) is 5.21. The van der Waals surface area contributed by atoms with Crippen molar-refractivity contribution in [3.05, 3.63) is 117 Å². The Morgan fingerprint density at radius 3 is 2.60 bits per heavy atom. The number of hydrogen-bond acceptors (Lipinski definition) is 7. The highest BCUT2D eigenvalue weighted by molar-refractivity contribution is 6.00. The minimum Gasteiger partial charge on any atom is -0.485 e. The molecule has 9 nitrogen and oxygen atoms in total. The van der Waals surface area contributed by atoms with E-state index in [0.29, 0.717) is 35.3 Å². The van der Waals surface area contributed by atoms with Gasteiger partial charge in [0, 0.05) is 24.4 Å². The standard InChI is InChI=1S/C32H29FN4O5/c1-3-40-32(39)26-30(41-18-22-7-5-4-6-8-22)27-28-29(23(14-34-27)13-21-9-11-24(33)12-10-21)42-25(17-37(28)31(26)38)16-36-15-20(2)35-19-36/h4-12,14-15,19,25H,3,13,16-18H2,1-2H3/t25-/m1/s1. The van der Waals surface area contributed by atoms with Gasteiger partial charge in [0.25, 0.3) is 5.56 Å². The third-order valence-electron chi connectivity index (χ3n) is 7.11. The lowest BCUT2D eigenvalue weighted by Crippen LogP contribution is -2.39. The van der Waals surface area contributed by atoms with Crippen molar-refractivity contribution in [2.75, 3.05) is 6.61 Å². The van der Waals surface area contributed by atoms with Crippen molar-refractivity contribution < 1.29 is 23.4 Å². The van der Waals surface area contributed by atoms with Crippen LogP contribution in [0.25, 0.3) is 11.0 Å². The molecule has 2 aromatic carbocycles. The van der Waals surface area contributed by atoms with Crippen molar-refractivity contribution in [1.82, 2.24) is 19.1 Å². The van der Waals surface area contributed by atoms with Crippen LogP contribution >= 0.6 is 0 Å². The quantitative estimate of drug-likeness (QED) is 0.235. The number of benzene rings is 2. The molecule has 0 saturated heterocycles. The van der Waals surface area contributed by atoms with Crippen LogP contribution in [0.5, 0.6) is 11.5 Å². The molecule has 0 bridgehead atoms. The molecule has 1 aliphatic rings. The van der Waals surface area contributed by atoms with E-state index in [-0.39, 0.29) is 36.9 Å². The third kappa shape index (κ3) is 5.35. The molecular weight excluding hydrogens is 539 g/mol. The number of carbonyl (C=O) groups excluding carboxylic acids is 1. The van der Waals surface area contributed by atoms with E-state index in [1.165, 1.54) is 16.7 Å². The van der Waals surface area contributed by atoms with Crippen LogP contribution in [0.15, 0.2) is 78.1 Å². The van der Waals surface area contributed by atoms with Gasteiger partial charge in [-0.1, -0.05) is 42.5 Å². The maximum Gasteiger partial charge on any atom is 0.347 e. The number of nitrogens with zero attached hydrogens (tertiary/aromatic N) is 4. The van der Waals surface area contributed by atoms with E-state index in [1.807, 2.05) is 48.0 Å². The van der Waals surface area contributed by atoms with Crippen molar-refractivity contribution in [3.63, 3.8) is 0 Å². The van der Waals surface area contributed by atoms with Crippen LogP contribution in [0.4, 0.5) is 4.39 Å². The lowest BCUT2D eigenvalue weighted by Gasteiger charge is -2.30.